The van der Waals surface area contributed by atoms with Crippen molar-refractivity contribution in [1.29, 1.82) is 0 Å². The molecule has 1 aromatic carbocycles. The van der Waals surface area contributed by atoms with Crippen LogP contribution >= 0.6 is 11.8 Å². The van der Waals surface area contributed by atoms with E-state index in [1.54, 1.807) is 7.11 Å². The van der Waals surface area contributed by atoms with Crippen LogP contribution in [0.3, 0.4) is 0 Å². The first kappa shape index (κ1) is 14.5. The van der Waals surface area contributed by atoms with Crippen LogP contribution in [0.15, 0.2) is 18.2 Å². The van der Waals surface area contributed by atoms with Gasteiger partial charge in [0, 0.05) is 41.4 Å². The van der Waals surface area contributed by atoms with E-state index in [2.05, 4.69) is 42.3 Å². The summed E-state index contributed by atoms with van der Waals surface area (Å²) in [5.74, 6) is 3.38. The smallest absolute Gasteiger partial charge is 0.125 e. The quantitative estimate of drug-likeness (QED) is 0.916. The molecule has 106 valence electrons. The number of hydrogen-bond donors (Lipinski definition) is 1. The minimum atomic E-state index is 0.285. The second-order valence-corrected chi connectivity index (χ2v) is 6.17. The highest BCUT2D eigenvalue weighted by molar-refractivity contribution is 7.99. The number of thioether (sulfide) groups is 1. The van der Waals surface area contributed by atoms with Crippen LogP contribution < -0.4 is 15.0 Å². The Labute approximate surface area is 120 Å². The van der Waals surface area contributed by atoms with Gasteiger partial charge in [0.1, 0.15) is 5.75 Å². The molecule has 1 heterocycles. The Balaban J connectivity index is 2.43. The van der Waals surface area contributed by atoms with Gasteiger partial charge in [0.15, 0.2) is 0 Å². The maximum Gasteiger partial charge on any atom is 0.125 e. The number of methoxy groups -OCH3 is 1. The number of ether oxygens (including phenoxy) is 1. The maximum absolute atomic E-state index is 5.56. The van der Waals surface area contributed by atoms with E-state index < -0.39 is 0 Å². The molecule has 2 unspecified atom stereocenters. The molecule has 0 aromatic heterocycles. The molecule has 2 rings (SSSR count). The lowest BCUT2D eigenvalue weighted by atomic mass is 10.0. The molecule has 1 saturated heterocycles. The molecule has 4 heteroatoms. The molecule has 0 amide bonds. The SMILES string of the molecule is CNC(C)c1c(OC)cccc1N1CCSCC1C. The predicted molar refractivity (Wildman–Crippen MR) is 84.6 cm³/mol. The van der Waals surface area contributed by atoms with E-state index in [1.807, 2.05) is 18.8 Å². The Morgan fingerprint density at radius 2 is 2.26 bits per heavy atom. The number of anilines is 1. The Morgan fingerprint density at radius 3 is 2.89 bits per heavy atom. The van der Waals surface area contributed by atoms with Crippen LogP contribution in [0, 0.1) is 0 Å². The molecule has 1 aliphatic heterocycles. The van der Waals surface area contributed by atoms with Gasteiger partial charge in [-0.25, -0.2) is 0 Å². The number of hydrogen-bond acceptors (Lipinski definition) is 4. The lowest BCUT2D eigenvalue weighted by molar-refractivity contribution is 0.403. The fraction of sp³-hybridized carbons (Fsp3) is 0.600. The van der Waals surface area contributed by atoms with E-state index >= 15 is 0 Å². The Kier molecular flexibility index (Phi) is 4.99. The van der Waals surface area contributed by atoms with Crippen molar-refractivity contribution in [2.75, 3.05) is 37.1 Å². The van der Waals surface area contributed by atoms with Gasteiger partial charge in [0.25, 0.3) is 0 Å². The van der Waals surface area contributed by atoms with Gasteiger partial charge in [-0.2, -0.15) is 11.8 Å². The summed E-state index contributed by atoms with van der Waals surface area (Å²) in [4.78, 5) is 2.52. The van der Waals surface area contributed by atoms with E-state index in [4.69, 9.17) is 4.74 Å². The lowest BCUT2D eigenvalue weighted by Crippen LogP contribution is -2.41. The van der Waals surface area contributed by atoms with Gasteiger partial charge >= 0.3 is 0 Å². The van der Waals surface area contributed by atoms with Crippen LogP contribution in [-0.2, 0) is 0 Å². The van der Waals surface area contributed by atoms with Gasteiger partial charge < -0.3 is 15.0 Å². The summed E-state index contributed by atoms with van der Waals surface area (Å²) < 4.78 is 5.56. The minimum absolute atomic E-state index is 0.285. The summed E-state index contributed by atoms with van der Waals surface area (Å²) in [5, 5.41) is 3.34. The highest BCUT2D eigenvalue weighted by Crippen LogP contribution is 2.36. The molecule has 0 saturated carbocycles. The summed E-state index contributed by atoms with van der Waals surface area (Å²) in [6.07, 6.45) is 0. The molecule has 0 spiro atoms. The van der Waals surface area contributed by atoms with Gasteiger partial charge in [0.05, 0.1) is 7.11 Å². The zero-order chi connectivity index (χ0) is 13.8. The molecule has 2 atom stereocenters. The first-order chi connectivity index (χ1) is 9.19. The third-order valence-electron chi connectivity index (χ3n) is 3.81. The predicted octanol–water partition coefficient (Wildman–Crippen LogP) is 2.92. The van der Waals surface area contributed by atoms with Crippen molar-refractivity contribution in [2.45, 2.75) is 25.9 Å². The standard InChI is InChI=1S/C15H24N2OS/c1-11-10-19-9-8-17(11)13-6-5-7-14(18-4)15(13)12(2)16-3/h5-7,11-12,16H,8-10H2,1-4H3. The second kappa shape index (κ2) is 6.53. The molecule has 19 heavy (non-hydrogen) atoms. The molecule has 1 fully saturated rings. The highest BCUT2D eigenvalue weighted by Gasteiger charge is 2.24. The molecule has 1 aromatic rings. The third kappa shape index (κ3) is 3.00. The van der Waals surface area contributed by atoms with Crippen LogP contribution in [0.2, 0.25) is 0 Å². The van der Waals surface area contributed by atoms with Gasteiger partial charge in [-0.15, -0.1) is 0 Å². The third-order valence-corrected chi connectivity index (χ3v) is 5.00. The molecule has 1 N–H and O–H groups in total. The van der Waals surface area contributed by atoms with E-state index in [-0.39, 0.29) is 6.04 Å². The molecular formula is C15H24N2OS. The van der Waals surface area contributed by atoms with Crippen LogP contribution in [0.1, 0.15) is 25.5 Å². The summed E-state index contributed by atoms with van der Waals surface area (Å²) in [7, 11) is 3.75. The van der Waals surface area contributed by atoms with Crippen molar-refractivity contribution in [3.05, 3.63) is 23.8 Å². The normalized spacial score (nSPS) is 21.3. The number of rotatable bonds is 4. The van der Waals surface area contributed by atoms with E-state index in [0.29, 0.717) is 6.04 Å². The van der Waals surface area contributed by atoms with Crippen molar-refractivity contribution in [2.24, 2.45) is 0 Å². The van der Waals surface area contributed by atoms with Crippen molar-refractivity contribution in [3.63, 3.8) is 0 Å². The van der Waals surface area contributed by atoms with Crippen LogP contribution in [-0.4, -0.2) is 38.2 Å². The van der Waals surface area contributed by atoms with Crippen LogP contribution in [0.4, 0.5) is 5.69 Å². The summed E-state index contributed by atoms with van der Waals surface area (Å²) in [6.45, 7) is 5.60. The molecule has 0 aliphatic carbocycles. The topological polar surface area (TPSA) is 24.5 Å². The summed E-state index contributed by atoms with van der Waals surface area (Å²) in [6, 6.07) is 7.23. The monoisotopic (exact) mass is 280 g/mol. The fourth-order valence-corrected chi connectivity index (χ4v) is 3.64. The van der Waals surface area contributed by atoms with E-state index in [1.165, 1.54) is 22.8 Å². The Morgan fingerprint density at radius 1 is 1.47 bits per heavy atom. The summed E-state index contributed by atoms with van der Waals surface area (Å²) >= 11 is 2.04. The lowest BCUT2D eigenvalue weighted by Gasteiger charge is -2.37. The van der Waals surface area contributed by atoms with Crippen LogP contribution in [0.5, 0.6) is 5.75 Å². The number of benzene rings is 1. The molecule has 3 nitrogen and oxygen atoms in total. The Bertz CT molecular complexity index is 425. The van der Waals surface area contributed by atoms with E-state index in [9.17, 15) is 0 Å². The van der Waals surface area contributed by atoms with Gasteiger partial charge in [0.2, 0.25) is 0 Å². The molecule has 1 aliphatic rings. The first-order valence-electron chi connectivity index (χ1n) is 6.87. The van der Waals surface area contributed by atoms with Gasteiger partial charge in [-0.1, -0.05) is 6.07 Å². The number of nitrogens with zero attached hydrogens (tertiary/aromatic N) is 1. The van der Waals surface area contributed by atoms with Crippen molar-refractivity contribution in [1.82, 2.24) is 5.32 Å². The molecule has 0 radical (unpaired) electrons. The first-order valence-corrected chi connectivity index (χ1v) is 8.03. The highest BCUT2D eigenvalue weighted by atomic mass is 32.2. The average Bonchev–Trinajstić information content (AvgIpc) is 2.46. The van der Waals surface area contributed by atoms with Crippen molar-refractivity contribution in [3.8, 4) is 5.75 Å². The zero-order valence-corrected chi connectivity index (χ0v) is 13.1. The van der Waals surface area contributed by atoms with Crippen LogP contribution in [0.25, 0.3) is 0 Å². The Hall–Kier alpha value is -0.870. The fourth-order valence-electron chi connectivity index (χ4n) is 2.63. The van der Waals surface area contributed by atoms with Gasteiger partial charge in [-0.05, 0) is 33.0 Å². The van der Waals surface area contributed by atoms with Gasteiger partial charge in [-0.3, -0.25) is 0 Å². The minimum Gasteiger partial charge on any atom is -0.496 e. The van der Waals surface area contributed by atoms with E-state index in [0.717, 1.165) is 12.3 Å². The average molecular weight is 280 g/mol. The molecular weight excluding hydrogens is 256 g/mol. The van der Waals surface area contributed by atoms with Crippen molar-refractivity contribution >= 4 is 17.4 Å². The largest absolute Gasteiger partial charge is 0.496 e. The maximum atomic E-state index is 5.56. The van der Waals surface area contributed by atoms with Crippen molar-refractivity contribution < 1.29 is 4.74 Å². The number of nitrogens with one attached hydrogen (secondary N) is 1. The zero-order valence-electron chi connectivity index (χ0n) is 12.3. The summed E-state index contributed by atoms with van der Waals surface area (Å²) in [5.41, 5.74) is 2.58. The molecule has 0 bridgehead atoms. The second-order valence-electron chi connectivity index (χ2n) is 5.02.